The van der Waals surface area contributed by atoms with Crippen molar-refractivity contribution in [2.24, 2.45) is 5.73 Å². The van der Waals surface area contributed by atoms with E-state index < -0.39 is 0 Å². The molecule has 1 atom stereocenters. The predicted octanol–water partition coefficient (Wildman–Crippen LogP) is 3.15. The van der Waals surface area contributed by atoms with Gasteiger partial charge in [0.2, 0.25) is 0 Å². The molecule has 0 bridgehead atoms. The van der Waals surface area contributed by atoms with E-state index in [4.69, 9.17) is 10.5 Å². The molecule has 2 N–H and O–H groups in total. The van der Waals surface area contributed by atoms with Gasteiger partial charge in [0.25, 0.3) is 0 Å². The van der Waals surface area contributed by atoms with Crippen LogP contribution in [0.2, 0.25) is 0 Å². The highest BCUT2D eigenvalue weighted by molar-refractivity contribution is 7.13. The Labute approximate surface area is 105 Å². The molecule has 90 valence electrons. The van der Waals surface area contributed by atoms with Crippen molar-refractivity contribution in [3.8, 4) is 16.3 Å². The predicted molar refractivity (Wildman–Crippen MR) is 71.4 cm³/mol. The van der Waals surface area contributed by atoms with E-state index in [9.17, 15) is 0 Å². The Morgan fingerprint density at radius 1 is 1.41 bits per heavy atom. The van der Waals surface area contributed by atoms with Gasteiger partial charge in [-0.15, -0.1) is 11.3 Å². The zero-order valence-corrected chi connectivity index (χ0v) is 11.0. The number of nitrogens with two attached hydrogens (primary N) is 1. The van der Waals surface area contributed by atoms with E-state index in [-0.39, 0.29) is 6.04 Å². The first-order valence-electron chi connectivity index (χ1n) is 5.48. The van der Waals surface area contributed by atoms with Crippen LogP contribution in [0.25, 0.3) is 10.6 Å². The first kappa shape index (κ1) is 12.1. The Kier molecular flexibility index (Phi) is 3.45. The van der Waals surface area contributed by atoms with Crippen LogP contribution in [0, 0.1) is 6.92 Å². The van der Waals surface area contributed by atoms with Gasteiger partial charge in [-0.2, -0.15) is 0 Å². The molecule has 2 aromatic rings. The van der Waals surface area contributed by atoms with Crippen LogP contribution in [0.3, 0.4) is 0 Å². The minimum absolute atomic E-state index is 0.0311. The molecule has 0 spiro atoms. The summed E-state index contributed by atoms with van der Waals surface area (Å²) in [6.07, 6.45) is 0. The molecule has 1 aromatic heterocycles. The second-order valence-electron chi connectivity index (χ2n) is 4.07. The van der Waals surface area contributed by atoms with E-state index in [0.29, 0.717) is 0 Å². The zero-order valence-electron chi connectivity index (χ0n) is 10.2. The maximum absolute atomic E-state index is 5.81. The minimum atomic E-state index is -0.0311. The molecular weight excluding hydrogens is 232 g/mol. The second-order valence-corrected chi connectivity index (χ2v) is 4.93. The van der Waals surface area contributed by atoms with E-state index in [1.165, 1.54) is 5.56 Å². The maximum Gasteiger partial charge on any atom is 0.129 e. The quantitative estimate of drug-likeness (QED) is 0.907. The van der Waals surface area contributed by atoms with Crippen LogP contribution in [0.5, 0.6) is 5.75 Å². The lowest BCUT2D eigenvalue weighted by molar-refractivity contribution is 0.416. The Balaban J connectivity index is 2.44. The summed E-state index contributed by atoms with van der Waals surface area (Å²) in [6, 6.07) is 6.09. The Bertz CT molecular complexity index is 520. The number of hydrogen-bond donors (Lipinski definition) is 1. The molecular formula is C13H16N2OS. The molecule has 1 heterocycles. The molecule has 0 aliphatic heterocycles. The molecule has 0 radical (unpaired) electrons. The monoisotopic (exact) mass is 248 g/mol. The highest BCUT2D eigenvalue weighted by Crippen LogP contribution is 2.33. The van der Waals surface area contributed by atoms with Crippen LogP contribution in [0.4, 0.5) is 0 Å². The normalized spacial score (nSPS) is 12.5. The van der Waals surface area contributed by atoms with Crippen molar-refractivity contribution in [1.82, 2.24) is 4.98 Å². The molecule has 0 amide bonds. The van der Waals surface area contributed by atoms with Crippen molar-refractivity contribution in [2.75, 3.05) is 7.11 Å². The van der Waals surface area contributed by atoms with Gasteiger partial charge >= 0.3 is 0 Å². The van der Waals surface area contributed by atoms with Crippen molar-refractivity contribution >= 4 is 11.3 Å². The average Bonchev–Trinajstić information content (AvgIpc) is 2.78. The average molecular weight is 248 g/mol. The summed E-state index contributed by atoms with van der Waals surface area (Å²) in [5, 5.41) is 2.95. The molecule has 2 rings (SSSR count). The van der Waals surface area contributed by atoms with E-state index in [1.807, 2.05) is 31.4 Å². The van der Waals surface area contributed by atoms with Gasteiger partial charge < -0.3 is 10.5 Å². The number of hydrogen-bond acceptors (Lipinski definition) is 4. The van der Waals surface area contributed by atoms with Crippen molar-refractivity contribution < 1.29 is 4.74 Å². The lowest BCUT2D eigenvalue weighted by atomic mass is 10.1. The zero-order chi connectivity index (χ0) is 12.4. The van der Waals surface area contributed by atoms with Crippen LogP contribution in [0.15, 0.2) is 23.6 Å². The summed E-state index contributed by atoms with van der Waals surface area (Å²) >= 11 is 1.60. The maximum atomic E-state index is 5.81. The molecule has 0 saturated heterocycles. The third kappa shape index (κ3) is 2.48. The summed E-state index contributed by atoms with van der Waals surface area (Å²) in [5.74, 6) is 0.857. The van der Waals surface area contributed by atoms with Crippen molar-refractivity contribution in [3.63, 3.8) is 0 Å². The molecule has 17 heavy (non-hydrogen) atoms. The summed E-state index contributed by atoms with van der Waals surface area (Å²) in [5.41, 5.74) is 8.94. The fourth-order valence-electron chi connectivity index (χ4n) is 1.59. The minimum Gasteiger partial charge on any atom is -0.496 e. The fourth-order valence-corrected chi connectivity index (χ4v) is 2.55. The summed E-state index contributed by atoms with van der Waals surface area (Å²) < 4.78 is 5.39. The highest BCUT2D eigenvalue weighted by Gasteiger charge is 2.11. The lowest BCUT2D eigenvalue weighted by Crippen LogP contribution is -2.04. The van der Waals surface area contributed by atoms with Crippen molar-refractivity contribution in [1.29, 1.82) is 0 Å². The first-order chi connectivity index (χ1) is 8.11. The lowest BCUT2D eigenvalue weighted by Gasteiger charge is -2.06. The number of thiazole rings is 1. The number of nitrogens with zero attached hydrogens (tertiary/aromatic N) is 1. The van der Waals surface area contributed by atoms with Crippen LogP contribution in [-0.2, 0) is 0 Å². The molecule has 1 aromatic carbocycles. The van der Waals surface area contributed by atoms with Crippen LogP contribution in [-0.4, -0.2) is 12.1 Å². The number of methoxy groups -OCH3 is 1. The molecule has 0 aliphatic rings. The summed E-state index contributed by atoms with van der Waals surface area (Å²) in [6.45, 7) is 3.98. The summed E-state index contributed by atoms with van der Waals surface area (Å²) in [7, 11) is 1.68. The first-order valence-corrected chi connectivity index (χ1v) is 6.36. The van der Waals surface area contributed by atoms with E-state index in [2.05, 4.69) is 11.1 Å². The van der Waals surface area contributed by atoms with Gasteiger partial charge in [0.05, 0.1) is 18.4 Å². The largest absolute Gasteiger partial charge is 0.496 e. The van der Waals surface area contributed by atoms with E-state index >= 15 is 0 Å². The number of aromatic nitrogens is 1. The van der Waals surface area contributed by atoms with Gasteiger partial charge in [0.1, 0.15) is 10.8 Å². The van der Waals surface area contributed by atoms with Crippen LogP contribution < -0.4 is 10.5 Å². The SMILES string of the molecule is COc1cc(C)ccc1-c1nc(C(C)N)cs1. The summed E-state index contributed by atoms with van der Waals surface area (Å²) in [4.78, 5) is 4.53. The van der Waals surface area contributed by atoms with E-state index in [1.54, 1.807) is 18.4 Å². The standard InChI is InChI=1S/C13H16N2OS/c1-8-4-5-10(12(6-8)16-3)13-15-11(7-17-13)9(2)14/h4-7,9H,14H2,1-3H3. The Morgan fingerprint density at radius 2 is 2.18 bits per heavy atom. The molecule has 4 heteroatoms. The molecule has 0 aliphatic carbocycles. The van der Waals surface area contributed by atoms with Gasteiger partial charge in [-0.25, -0.2) is 4.98 Å². The Morgan fingerprint density at radius 3 is 2.76 bits per heavy atom. The number of rotatable bonds is 3. The van der Waals surface area contributed by atoms with Crippen molar-refractivity contribution in [3.05, 3.63) is 34.8 Å². The number of ether oxygens (including phenoxy) is 1. The fraction of sp³-hybridized carbons (Fsp3) is 0.308. The van der Waals surface area contributed by atoms with Gasteiger partial charge in [0, 0.05) is 11.4 Å². The third-order valence-corrected chi connectivity index (χ3v) is 3.47. The third-order valence-electron chi connectivity index (χ3n) is 2.58. The van der Waals surface area contributed by atoms with Crippen LogP contribution >= 0.6 is 11.3 Å². The smallest absolute Gasteiger partial charge is 0.129 e. The molecule has 0 saturated carbocycles. The van der Waals surface area contributed by atoms with Crippen molar-refractivity contribution in [2.45, 2.75) is 19.9 Å². The molecule has 0 fully saturated rings. The van der Waals surface area contributed by atoms with Gasteiger partial charge in [-0.1, -0.05) is 6.07 Å². The van der Waals surface area contributed by atoms with Crippen LogP contribution in [0.1, 0.15) is 24.2 Å². The number of benzene rings is 1. The Hall–Kier alpha value is -1.39. The molecule has 1 unspecified atom stereocenters. The number of aryl methyl sites for hydroxylation is 1. The van der Waals surface area contributed by atoms with Gasteiger partial charge in [0.15, 0.2) is 0 Å². The van der Waals surface area contributed by atoms with Gasteiger partial charge in [-0.05, 0) is 31.5 Å². The molecule has 3 nitrogen and oxygen atoms in total. The second kappa shape index (κ2) is 4.85. The van der Waals surface area contributed by atoms with E-state index in [0.717, 1.165) is 22.0 Å². The van der Waals surface area contributed by atoms with Gasteiger partial charge in [-0.3, -0.25) is 0 Å². The highest BCUT2D eigenvalue weighted by atomic mass is 32.1. The topological polar surface area (TPSA) is 48.1 Å².